The molecule has 0 saturated carbocycles. The molecule has 1 heterocycles. The van der Waals surface area contributed by atoms with Crippen LogP contribution < -0.4 is 10.1 Å². The first kappa shape index (κ1) is 20.6. The highest BCUT2D eigenvalue weighted by molar-refractivity contribution is 7.10. The highest BCUT2D eigenvalue weighted by Crippen LogP contribution is 2.19. The van der Waals surface area contributed by atoms with E-state index >= 15 is 0 Å². The average Bonchev–Trinajstić information content (AvgIpc) is 3.15. The van der Waals surface area contributed by atoms with E-state index in [9.17, 15) is 9.59 Å². The molecule has 0 aliphatic heterocycles. The second-order valence-electron chi connectivity index (χ2n) is 6.73. The monoisotopic (exact) mass is 408 g/mol. The standard InChI is InChI=1S/C23H24N2O3S/c1-17-12-13-29-21(17)15-25(2)22(26)16-28-20-11-7-6-10-19(20)23(27)24-14-18-8-4-3-5-9-18/h3-13H,14-16H2,1-2H3,(H,24,27). The third-order valence-electron chi connectivity index (χ3n) is 4.55. The van der Waals surface area contributed by atoms with Crippen LogP contribution in [0.3, 0.4) is 0 Å². The predicted molar refractivity (Wildman–Crippen MR) is 115 cm³/mol. The number of carbonyl (C=O) groups is 2. The van der Waals surface area contributed by atoms with Gasteiger partial charge in [-0.1, -0.05) is 42.5 Å². The van der Waals surface area contributed by atoms with Gasteiger partial charge in [0.25, 0.3) is 11.8 Å². The molecule has 3 rings (SSSR count). The first-order chi connectivity index (χ1) is 14.0. The zero-order valence-electron chi connectivity index (χ0n) is 16.6. The molecular weight excluding hydrogens is 384 g/mol. The second-order valence-corrected chi connectivity index (χ2v) is 7.73. The van der Waals surface area contributed by atoms with Gasteiger partial charge in [-0.05, 0) is 41.6 Å². The molecular formula is C23H24N2O3S. The van der Waals surface area contributed by atoms with Crippen molar-refractivity contribution < 1.29 is 14.3 Å². The quantitative estimate of drug-likeness (QED) is 0.612. The minimum Gasteiger partial charge on any atom is -0.483 e. The Balaban J connectivity index is 1.57. The third-order valence-corrected chi connectivity index (χ3v) is 5.56. The molecule has 0 radical (unpaired) electrons. The van der Waals surface area contributed by atoms with Crippen molar-refractivity contribution in [2.75, 3.05) is 13.7 Å². The van der Waals surface area contributed by atoms with Crippen molar-refractivity contribution in [3.05, 3.63) is 87.6 Å². The molecule has 3 aromatic rings. The van der Waals surface area contributed by atoms with Crippen LogP contribution >= 0.6 is 11.3 Å². The normalized spacial score (nSPS) is 10.4. The van der Waals surface area contributed by atoms with Gasteiger partial charge in [-0.2, -0.15) is 0 Å². The molecule has 0 atom stereocenters. The SMILES string of the molecule is Cc1ccsc1CN(C)C(=O)COc1ccccc1C(=O)NCc1ccccc1. The number of ether oxygens (including phenoxy) is 1. The summed E-state index contributed by atoms with van der Waals surface area (Å²) in [5.74, 6) is 0.0175. The maximum atomic E-state index is 12.6. The van der Waals surface area contributed by atoms with Crippen LogP contribution in [0.5, 0.6) is 5.75 Å². The van der Waals surface area contributed by atoms with Crippen LogP contribution in [0.4, 0.5) is 0 Å². The van der Waals surface area contributed by atoms with E-state index in [1.54, 1.807) is 47.5 Å². The topological polar surface area (TPSA) is 58.6 Å². The van der Waals surface area contributed by atoms with Gasteiger partial charge < -0.3 is 15.0 Å². The Labute approximate surface area is 174 Å². The first-order valence-corrected chi connectivity index (χ1v) is 10.2. The van der Waals surface area contributed by atoms with E-state index in [-0.39, 0.29) is 18.4 Å². The van der Waals surface area contributed by atoms with Crippen molar-refractivity contribution in [3.63, 3.8) is 0 Å². The third kappa shape index (κ3) is 5.68. The predicted octanol–water partition coefficient (Wildman–Crippen LogP) is 4.02. The number of thiophene rings is 1. The summed E-state index contributed by atoms with van der Waals surface area (Å²) in [6.45, 7) is 2.88. The number of hydrogen-bond acceptors (Lipinski definition) is 4. The number of nitrogens with one attached hydrogen (secondary N) is 1. The number of rotatable bonds is 8. The average molecular weight is 409 g/mol. The van der Waals surface area contributed by atoms with Gasteiger partial charge in [-0.3, -0.25) is 9.59 Å². The Kier molecular flexibility index (Phi) is 7.03. The van der Waals surface area contributed by atoms with Crippen molar-refractivity contribution in [1.82, 2.24) is 10.2 Å². The molecule has 0 unspecified atom stereocenters. The number of aryl methyl sites for hydroxylation is 1. The summed E-state index contributed by atoms with van der Waals surface area (Å²) in [5, 5.41) is 4.91. The van der Waals surface area contributed by atoms with Gasteiger partial charge in [-0.25, -0.2) is 0 Å². The Hall–Kier alpha value is -3.12. The van der Waals surface area contributed by atoms with Crippen LogP contribution in [-0.4, -0.2) is 30.4 Å². The summed E-state index contributed by atoms with van der Waals surface area (Å²) < 4.78 is 5.69. The zero-order valence-corrected chi connectivity index (χ0v) is 17.4. The molecule has 2 aromatic carbocycles. The Bertz CT molecular complexity index is 969. The van der Waals surface area contributed by atoms with Crippen LogP contribution in [0.1, 0.15) is 26.4 Å². The van der Waals surface area contributed by atoms with Gasteiger partial charge in [-0.15, -0.1) is 11.3 Å². The molecule has 0 aliphatic carbocycles. The lowest BCUT2D eigenvalue weighted by Crippen LogP contribution is -2.31. The van der Waals surface area contributed by atoms with Crippen LogP contribution in [0.15, 0.2) is 66.0 Å². The molecule has 0 aliphatic rings. The molecule has 0 fully saturated rings. The lowest BCUT2D eigenvalue weighted by Gasteiger charge is -2.18. The van der Waals surface area contributed by atoms with E-state index in [0.29, 0.717) is 24.4 Å². The van der Waals surface area contributed by atoms with E-state index in [4.69, 9.17) is 4.74 Å². The fourth-order valence-electron chi connectivity index (χ4n) is 2.77. The molecule has 29 heavy (non-hydrogen) atoms. The molecule has 0 saturated heterocycles. The Morgan fingerprint density at radius 2 is 1.76 bits per heavy atom. The van der Waals surface area contributed by atoms with Crippen molar-refractivity contribution in [2.45, 2.75) is 20.0 Å². The lowest BCUT2D eigenvalue weighted by atomic mass is 10.1. The molecule has 1 N–H and O–H groups in total. The highest BCUT2D eigenvalue weighted by Gasteiger charge is 2.16. The number of benzene rings is 2. The van der Waals surface area contributed by atoms with Gasteiger partial charge in [0, 0.05) is 18.5 Å². The zero-order chi connectivity index (χ0) is 20.6. The van der Waals surface area contributed by atoms with Gasteiger partial charge in [0.05, 0.1) is 12.1 Å². The largest absolute Gasteiger partial charge is 0.483 e. The lowest BCUT2D eigenvalue weighted by molar-refractivity contribution is -0.132. The maximum absolute atomic E-state index is 12.6. The molecule has 150 valence electrons. The summed E-state index contributed by atoms with van der Waals surface area (Å²) >= 11 is 1.63. The van der Waals surface area contributed by atoms with Gasteiger partial charge in [0.1, 0.15) is 5.75 Å². The number of hydrogen-bond donors (Lipinski definition) is 1. The van der Waals surface area contributed by atoms with E-state index in [1.165, 1.54) is 5.56 Å². The minimum atomic E-state index is -0.237. The van der Waals surface area contributed by atoms with Crippen molar-refractivity contribution in [3.8, 4) is 5.75 Å². The highest BCUT2D eigenvalue weighted by atomic mass is 32.1. The maximum Gasteiger partial charge on any atom is 0.260 e. The van der Waals surface area contributed by atoms with Gasteiger partial charge >= 0.3 is 0 Å². The van der Waals surface area contributed by atoms with E-state index in [2.05, 4.69) is 5.32 Å². The molecule has 1 aromatic heterocycles. The van der Waals surface area contributed by atoms with Crippen molar-refractivity contribution in [2.24, 2.45) is 0 Å². The molecule has 6 heteroatoms. The summed E-state index contributed by atoms with van der Waals surface area (Å²) in [4.78, 5) is 27.8. The Morgan fingerprint density at radius 1 is 1.03 bits per heavy atom. The fourth-order valence-corrected chi connectivity index (χ4v) is 3.73. The molecule has 2 amide bonds. The van der Waals surface area contributed by atoms with E-state index < -0.39 is 0 Å². The second kappa shape index (κ2) is 9.89. The van der Waals surface area contributed by atoms with Crippen LogP contribution in [0.2, 0.25) is 0 Å². The van der Waals surface area contributed by atoms with Crippen LogP contribution in [0, 0.1) is 6.92 Å². The van der Waals surface area contributed by atoms with E-state index in [1.807, 2.05) is 48.7 Å². The molecule has 0 spiro atoms. The Morgan fingerprint density at radius 3 is 2.48 bits per heavy atom. The van der Waals surface area contributed by atoms with Crippen molar-refractivity contribution >= 4 is 23.2 Å². The summed E-state index contributed by atoms with van der Waals surface area (Å²) in [5.41, 5.74) is 2.60. The number of likely N-dealkylation sites (N-methyl/N-ethyl adjacent to an activating group) is 1. The number of amides is 2. The molecule has 0 bridgehead atoms. The van der Waals surface area contributed by atoms with Crippen LogP contribution in [-0.2, 0) is 17.9 Å². The van der Waals surface area contributed by atoms with Gasteiger partial charge in [0.15, 0.2) is 6.61 Å². The summed E-state index contributed by atoms with van der Waals surface area (Å²) in [7, 11) is 1.75. The fraction of sp³-hybridized carbons (Fsp3) is 0.217. The minimum absolute atomic E-state index is 0.121. The molecule has 5 nitrogen and oxygen atoms in total. The number of nitrogens with zero attached hydrogens (tertiary/aromatic N) is 1. The van der Waals surface area contributed by atoms with E-state index in [0.717, 1.165) is 10.4 Å². The smallest absolute Gasteiger partial charge is 0.260 e. The number of carbonyl (C=O) groups excluding carboxylic acids is 2. The summed E-state index contributed by atoms with van der Waals surface area (Å²) in [6, 6.07) is 18.7. The first-order valence-electron chi connectivity index (χ1n) is 9.35. The number of para-hydroxylation sites is 1. The van der Waals surface area contributed by atoms with Crippen molar-refractivity contribution in [1.29, 1.82) is 0 Å². The summed E-state index contributed by atoms with van der Waals surface area (Å²) in [6.07, 6.45) is 0. The van der Waals surface area contributed by atoms with Gasteiger partial charge in [0.2, 0.25) is 0 Å². The van der Waals surface area contributed by atoms with Crippen LogP contribution in [0.25, 0.3) is 0 Å².